The summed E-state index contributed by atoms with van der Waals surface area (Å²) in [6.07, 6.45) is -0.229. The van der Waals surface area contributed by atoms with E-state index in [1.807, 2.05) is 30.3 Å². The number of carboxylic acids is 1. The van der Waals surface area contributed by atoms with Gasteiger partial charge in [-0.1, -0.05) is 30.3 Å². The Morgan fingerprint density at radius 3 is 2.24 bits per heavy atom. The molecule has 2 rings (SSSR count). The molecule has 2 aromatic carbocycles. The van der Waals surface area contributed by atoms with E-state index < -0.39 is 32.2 Å². The number of aliphatic hydroxyl groups is 1. The van der Waals surface area contributed by atoms with E-state index in [0.717, 1.165) is 5.56 Å². The second-order valence-electron chi connectivity index (χ2n) is 5.34. The van der Waals surface area contributed by atoms with E-state index >= 15 is 0 Å². The molecule has 0 saturated heterocycles. The molecule has 8 heteroatoms. The average Bonchev–Trinajstić information content (AvgIpc) is 2.62. The number of rotatable bonds is 8. The van der Waals surface area contributed by atoms with Gasteiger partial charge in [-0.05, 0) is 36.2 Å². The van der Waals surface area contributed by atoms with Gasteiger partial charge in [0.2, 0.25) is 5.91 Å². The molecule has 1 unspecified atom stereocenters. The summed E-state index contributed by atoms with van der Waals surface area (Å²) in [7, 11) is -2.48. The fraction of sp³-hybridized carbons (Fsp3) is 0.176. The zero-order chi connectivity index (χ0) is 18.2. The molecular formula is C17H19N2O5P. The Hall–Kier alpha value is -2.47. The van der Waals surface area contributed by atoms with Crippen LogP contribution in [0.3, 0.4) is 0 Å². The van der Waals surface area contributed by atoms with Crippen molar-refractivity contribution >= 4 is 25.5 Å². The molecule has 0 bridgehead atoms. The molecular weight excluding hydrogens is 343 g/mol. The summed E-state index contributed by atoms with van der Waals surface area (Å²) in [5, 5.41) is 23.2. The highest BCUT2D eigenvalue weighted by Gasteiger charge is 2.20. The molecule has 0 spiro atoms. The zero-order valence-electron chi connectivity index (χ0n) is 13.3. The van der Waals surface area contributed by atoms with Crippen LogP contribution in [0.25, 0.3) is 0 Å². The van der Waals surface area contributed by atoms with Crippen molar-refractivity contribution in [2.75, 3.05) is 11.7 Å². The predicted octanol–water partition coefficient (Wildman–Crippen LogP) is 1.95. The quantitative estimate of drug-likeness (QED) is 0.534. The fourth-order valence-electron chi connectivity index (χ4n) is 2.22. The molecule has 0 aliphatic carbocycles. The second-order valence-corrected chi connectivity index (χ2v) is 6.79. The fourth-order valence-corrected chi connectivity index (χ4v) is 2.94. The van der Waals surface area contributed by atoms with Crippen molar-refractivity contribution in [2.45, 2.75) is 12.5 Å². The van der Waals surface area contributed by atoms with Gasteiger partial charge in [0.25, 0.3) is 0 Å². The molecule has 0 aliphatic rings. The lowest BCUT2D eigenvalue weighted by Crippen LogP contribution is -2.39. The van der Waals surface area contributed by atoms with Crippen LogP contribution in [-0.4, -0.2) is 34.5 Å². The first kappa shape index (κ1) is 18.9. The topological polar surface area (TPSA) is 116 Å². The molecule has 2 atom stereocenters. The minimum Gasteiger partial charge on any atom is -0.478 e. The van der Waals surface area contributed by atoms with Crippen LogP contribution in [0.4, 0.5) is 5.69 Å². The zero-order valence-corrected chi connectivity index (χ0v) is 14.3. The van der Waals surface area contributed by atoms with Gasteiger partial charge in [-0.3, -0.25) is 9.88 Å². The summed E-state index contributed by atoms with van der Waals surface area (Å²) in [5.74, 6) is -1.47. The first-order valence-corrected chi connectivity index (χ1v) is 9.19. The number of carboxylic acid groups (broad SMARTS) is 1. The van der Waals surface area contributed by atoms with Crippen LogP contribution in [0.2, 0.25) is 0 Å². The number of benzene rings is 2. The van der Waals surface area contributed by atoms with Crippen LogP contribution < -0.4 is 10.4 Å². The smallest absolute Gasteiger partial charge is 0.335 e. The molecule has 0 fully saturated rings. The Kier molecular flexibility index (Phi) is 6.89. The van der Waals surface area contributed by atoms with E-state index in [1.165, 1.54) is 24.3 Å². The van der Waals surface area contributed by atoms with E-state index in [1.54, 1.807) is 0 Å². The van der Waals surface area contributed by atoms with Gasteiger partial charge in [0.05, 0.1) is 11.6 Å². The molecule has 7 nitrogen and oxygen atoms in total. The second kappa shape index (κ2) is 9.13. The maximum atomic E-state index is 12.5. The summed E-state index contributed by atoms with van der Waals surface area (Å²) in [5.41, 5.74) is 1.42. The van der Waals surface area contributed by atoms with Gasteiger partial charge in [-0.25, -0.2) is 4.79 Å². The van der Waals surface area contributed by atoms with E-state index in [2.05, 4.69) is 10.4 Å². The minimum atomic E-state index is -2.48. The summed E-state index contributed by atoms with van der Waals surface area (Å²) < 4.78 is 11.7. The third-order valence-corrected chi connectivity index (χ3v) is 4.44. The van der Waals surface area contributed by atoms with Crippen LogP contribution in [0.1, 0.15) is 15.9 Å². The van der Waals surface area contributed by atoms with Gasteiger partial charge in [0, 0.05) is 5.69 Å². The van der Waals surface area contributed by atoms with Gasteiger partial charge in [0.15, 0.2) is 7.95 Å². The summed E-state index contributed by atoms with van der Waals surface area (Å²) >= 11 is 0. The lowest BCUT2D eigenvalue weighted by atomic mass is 10.1. The Morgan fingerprint density at radius 1 is 1.04 bits per heavy atom. The van der Waals surface area contributed by atoms with E-state index in [9.17, 15) is 14.2 Å². The number of carbonyl (C=O) groups excluding carboxylic acids is 1. The van der Waals surface area contributed by atoms with Crippen LogP contribution in [-0.2, 0) is 15.8 Å². The average molecular weight is 362 g/mol. The summed E-state index contributed by atoms with van der Waals surface area (Å²) in [6.45, 7) is 0. The summed E-state index contributed by atoms with van der Waals surface area (Å²) in [4.78, 5) is 23.3. The third-order valence-electron chi connectivity index (χ3n) is 3.48. The molecule has 0 heterocycles. The molecule has 0 saturated carbocycles. The SMILES string of the molecule is O=C(O)c1ccc(NC(=O)[C@H](Cc2ccccc2)N[PH](=O)CO)cc1. The highest BCUT2D eigenvalue weighted by atomic mass is 31.1. The standard InChI is InChI=1S/C17H19N2O5P/c20-11-25(24)19-15(10-12-4-2-1-3-5-12)16(21)18-14-8-6-13(7-9-14)17(22)23/h1-9,15,20,25H,10-11H2,(H,18,21)(H,19,24)(H,22,23)/t15-/m0/s1. The summed E-state index contributed by atoms with van der Waals surface area (Å²) in [6, 6.07) is 14.2. The van der Waals surface area contributed by atoms with Crippen molar-refractivity contribution < 1.29 is 24.4 Å². The Bertz CT molecular complexity index is 749. The highest BCUT2D eigenvalue weighted by molar-refractivity contribution is 7.42. The number of aromatic carboxylic acids is 1. The number of nitrogens with one attached hydrogen (secondary N) is 2. The molecule has 0 aliphatic heterocycles. The first-order valence-electron chi connectivity index (χ1n) is 7.58. The van der Waals surface area contributed by atoms with Gasteiger partial charge >= 0.3 is 5.97 Å². The van der Waals surface area contributed by atoms with Crippen LogP contribution in [0.5, 0.6) is 0 Å². The minimum absolute atomic E-state index is 0.113. The largest absolute Gasteiger partial charge is 0.478 e. The lowest BCUT2D eigenvalue weighted by Gasteiger charge is -2.18. The molecule has 0 radical (unpaired) electrons. The Morgan fingerprint density at radius 2 is 1.68 bits per heavy atom. The van der Waals surface area contributed by atoms with E-state index in [-0.39, 0.29) is 5.56 Å². The Balaban J connectivity index is 2.10. The van der Waals surface area contributed by atoms with E-state index in [0.29, 0.717) is 12.1 Å². The normalized spacial score (nSPS) is 13.0. The molecule has 25 heavy (non-hydrogen) atoms. The lowest BCUT2D eigenvalue weighted by molar-refractivity contribution is -0.117. The predicted molar refractivity (Wildman–Crippen MR) is 95.2 cm³/mol. The highest BCUT2D eigenvalue weighted by Crippen LogP contribution is 2.17. The molecule has 4 N–H and O–H groups in total. The van der Waals surface area contributed by atoms with Crippen molar-refractivity contribution in [1.82, 2.24) is 5.09 Å². The molecule has 2 aromatic rings. The molecule has 132 valence electrons. The van der Waals surface area contributed by atoms with Crippen LogP contribution >= 0.6 is 7.95 Å². The Labute approximate surface area is 145 Å². The van der Waals surface area contributed by atoms with E-state index in [4.69, 9.17) is 10.2 Å². The maximum Gasteiger partial charge on any atom is 0.335 e. The van der Waals surface area contributed by atoms with Gasteiger partial charge in [-0.2, -0.15) is 0 Å². The third kappa shape index (κ3) is 5.83. The van der Waals surface area contributed by atoms with Gasteiger partial charge in [-0.15, -0.1) is 0 Å². The van der Waals surface area contributed by atoms with Crippen molar-refractivity contribution in [3.8, 4) is 0 Å². The molecule has 0 aromatic heterocycles. The van der Waals surface area contributed by atoms with Gasteiger partial charge < -0.3 is 20.1 Å². The monoisotopic (exact) mass is 362 g/mol. The molecule has 1 amide bonds. The van der Waals surface area contributed by atoms with Crippen molar-refractivity contribution in [1.29, 1.82) is 0 Å². The maximum absolute atomic E-state index is 12.5. The number of carbonyl (C=O) groups is 2. The van der Waals surface area contributed by atoms with Crippen molar-refractivity contribution in [2.24, 2.45) is 0 Å². The number of hydrogen-bond donors (Lipinski definition) is 4. The number of amides is 1. The van der Waals surface area contributed by atoms with Crippen LogP contribution in [0.15, 0.2) is 54.6 Å². The first-order chi connectivity index (χ1) is 12.0. The van der Waals surface area contributed by atoms with Crippen LogP contribution in [0, 0.1) is 0 Å². The van der Waals surface area contributed by atoms with Gasteiger partial charge in [0.1, 0.15) is 6.35 Å². The number of aliphatic hydroxyl groups excluding tert-OH is 1. The van der Waals surface area contributed by atoms with Crippen molar-refractivity contribution in [3.05, 3.63) is 65.7 Å². The number of hydrogen-bond acceptors (Lipinski definition) is 4. The number of anilines is 1. The van der Waals surface area contributed by atoms with Crippen molar-refractivity contribution in [3.63, 3.8) is 0 Å².